The zero-order valence-corrected chi connectivity index (χ0v) is 16.5. The van der Waals surface area contributed by atoms with Gasteiger partial charge in [-0.25, -0.2) is 0 Å². The molecule has 1 heterocycles. The van der Waals surface area contributed by atoms with Gasteiger partial charge >= 0.3 is 0 Å². The van der Waals surface area contributed by atoms with Gasteiger partial charge < -0.3 is 10.1 Å². The highest BCUT2D eigenvalue weighted by molar-refractivity contribution is 6.31. The number of halogens is 1. The summed E-state index contributed by atoms with van der Waals surface area (Å²) in [4.78, 5) is 39.5. The Morgan fingerprint density at radius 3 is 2.41 bits per heavy atom. The van der Waals surface area contributed by atoms with Crippen molar-refractivity contribution in [2.45, 2.75) is 12.8 Å². The monoisotopic (exact) mass is 410 g/mol. The van der Waals surface area contributed by atoms with Crippen molar-refractivity contribution in [1.29, 1.82) is 0 Å². The number of hydrogen-bond acceptors (Lipinski definition) is 4. The van der Waals surface area contributed by atoms with Crippen molar-refractivity contribution in [1.82, 2.24) is 0 Å². The summed E-state index contributed by atoms with van der Waals surface area (Å²) in [5.41, 5.74) is 1.15. The average molecular weight is 411 g/mol. The number of carbonyl (C=O) groups is 3. The molecule has 0 radical (unpaired) electrons. The van der Waals surface area contributed by atoms with Crippen molar-refractivity contribution in [3.8, 4) is 5.75 Å². The van der Waals surface area contributed by atoms with Crippen LogP contribution in [0.15, 0.2) is 54.6 Å². The van der Waals surface area contributed by atoms with E-state index < -0.39 is 5.91 Å². The molecular weight excluding hydrogens is 392 g/mol. The molecule has 29 heavy (non-hydrogen) atoms. The van der Waals surface area contributed by atoms with Gasteiger partial charge in [0.25, 0.3) is 5.91 Å². The Bertz CT molecular complexity index is 1010. The van der Waals surface area contributed by atoms with Crippen LogP contribution in [0.3, 0.4) is 0 Å². The number of hydrogen-bond donors (Lipinski definition) is 1. The Balaban J connectivity index is 1.60. The highest BCUT2D eigenvalue weighted by Gasteiger charge is 2.47. The molecular formula is C22H19ClN2O4. The molecule has 0 unspecified atom stereocenters. The fraction of sp³-hybridized carbons (Fsp3) is 0.227. The van der Waals surface area contributed by atoms with Gasteiger partial charge in [-0.3, -0.25) is 19.3 Å². The third kappa shape index (κ3) is 3.51. The number of amides is 3. The molecule has 7 heteroatoms. The Morgan fingerprint density at radius 2 is 1.76 bits per heavy atom. The van der Waals surface area contributed by atoms with Gasteiger partial charge in [0.1, 0.15) is 5.75 Å². The van der Waals surface area contributed by atoms with Gasteiger partial charge in [0.15, 0.2) is 0 Å². The molecule has 2 atom stereocenters. The van der Waals surface area contributed by atoms with Gasteiger partial charge in [-0.2, -0.15) is 0 Å². The van der Waals surface area contributed by atoms with Crippen LogP contribution < -0.4 is 15.0 Å². The molecule has 1 fully saturated rings. The highest BCUT2D eigenvalue weighted by Crippen LogP contribution is 2.38. The maximum absolute atomic E-state index is 12.8. The molecule has 4 rings (SSSR count). The minimum Gasteiger partial charge on any atom is -0.495 e. The summed E-state index contributed by atoms with van der Waals surface area (Å²) in [7, 11) is 1.50. The Kier molecular flexibility index (Phi) is 5.11. The van der Waals surface area contributed by atoms with E-state index in [1.807, 2.05) is 12.2 Å². The minimum atomic E-state index is -0.398. The minimum absolute atomic E-state index is 0.210. The zero-order chi connectivity index (χ0) is 20.5. The third-order valence-electron chi connectivity index (χ3n) is 5.28. The number of anilines is 2. The quantitative estimate of drug-likeness (QED) is 0.609. The molecule has 0 saturated carbocycles. The first-order valence-corrected chi connectivity index (χ1v) is 9.65. The first-order valence-electron chi connectivity index (χ1n) is 9.27. The topological polar surface area (TPSA) is 75.7 Å². The SMILES string of the molecule is COc1ccc(Cl)cc1NC(=O)c1cccc(N2C(=O)[C@H]3CC=CC[C@@H]3C2=O)c1. The first kappa shape index (κ1) is 19.2. The molecule has 148 valence electrons. The maximum atomic E-state index is 12.8. The number of imide groups is 1. The molecule has 0 bridgehead atoms. The van der Waals surface area contributed by atoms with E-state index >= 15 is 0 Å². The van der Waals surface area contributed by atoms with E-state index in [1.165, 1.54) is 12.0 Å². The van der Waals surface area contributed by atoms with Crippen LogP contribution in [0.4, 0.5) is 11.4 Å². The summed E-state index contributed by atoms with van der Waals surface area (Å²) in [6.07, 6.45) is 5.02. The van der Waals surface area contributed by atoms with Crippen LogP contribution in [-0.2, 0) is 9.59 Å². The third-order valence-corrected chi connectivity index (χ3v) is 5.52. The lowest BCUT2D eigenvalue weighted by Crippen LogP contribution is -2.31. The Hall–Kier alpha value is -3.12. The molecule has 1 saturated heterocycles. The van der Waals surface area contributed by atoms with E-state index in [1.54, 1.807) is 42.5 Å². The lowest BCUT2D eigenvalue weighted by Gasteiger charge is -2.16. The predicted molar refractivity (Wildman–Crippen MR) is 110 cm³/mol. The number of nitrogens with zero attached hydrogens (tertiary/aromatic N) is 1. The highest BCUT2D eigenvalue weighted by atomic mass is 35.5. The van der Waals surface area contributed by atoms with Gasteiger partial charge in [-0.1, -0.05) is 29.8 Å². The zero-order valence-electron chi connectivity index (χ0n) is 15.7. The molecule has 1 N–H and O–H groups in total. The van der Waals surface area contributed by atoms with Crippen LogP contribution in [0.2, 0.25) is 5.02 Å². The number of fused-ring (bicyclic) bond motifs is 1. The molecule has 0 aromatic heterocycles. The Labute approximate surface area is 173 Å². The Morgan fingerprint density at radius 1 is 1.07 bits per heavy atom. The number of benzene rings is 2. The van der Waals surface area contributed by atoms with E-state index in [0.29, 0.717) is 40.6 Å². The van der Waals surface area contributed by atoms with Crippen molar-refractivity contribution < 1.29 is 19.1 Å². The van der Waals surface area contributed by atoms with Crippen LogP contribution in [0.1, 0.15) is 23.2 Å². The van der Waals surface area contributed by atoms with E-state index in [4.69, 9.17) is 16.3 Å². The van der Waals surface area contributed by atoms with Gasteiger partial charge in [0.2, 0.25) is 11.8 Å². The molecule has 1 aliphatic heterocycles. The second kappa shape index (κ2) is 7.72. The first-order chi connectivity index (χ1) is 14.0. The fourth-order valence-corrected chi connectivity index (χ4v) is 3.99. The summed E-state index contributed by atoms with van der Waals surface area (Å²) in [6.45, 7) is 0. The van der Waals surface area contributed by atoms with Crippen LogP contribution in [0.5, 0.6) is 5.75 Å². The van der Waals surface area contributed by atoms with Crippen molar-refractivity contribution in [3.05, 3.63) is 65.2 Å². The summed E-state index contributed by atoms with van der Waals surface area (Å²) >= 11 is 6.01. The van der Waals surface area contributed by atoms with E-state index in [-0.39, 0.29) is 23.7 Å². The summed E-state index contributed by atoms with van der Waals surface area (Å²) in [5, 5.41) is 3.22. The van der Waals surface area contributed by atoms with E-state index in [9.17, 15) is 14.4 Å². The number of nitrogens with one attached hydrogen (secondary N) is 1. The van der Waals surface area contributed by atoms with Gasteiger partial charge in [0, 0.05) is 10.6 Å². The predicted octanol–water partition coefficient (Wildman–Crippen LogP) is 4.06. The lowest BCUT2D eigenvalue weighted by atomic mass is 9.85. The number of methoxy groups -OCH3 is 1. The second-order valence-corrected chi connectivity index (χ2v) is 7.45. The van der Waals surface area contributed by atoms with Gasteiger partial charge in [0.05, 0.1) is 30.3 Å². The molecule has 2 aliphatic rings. The fourth-order valence-electron chi connectivity index (χ4n) is 3.81. The lowest BCUT2D eigenvalue weighted by molar-refractivity contribution is -0.122. The van der Waals surface area contributed by atoms with E-state index in [2.05, 4.69) is 5.32 Å². The number of ether oxygens (including phenoxy) is 1. The van der Waals surface area contributed by atoms with Crippen LogP contribution in [-0.4, -0.2) is 24.8 Å². The van der Waals surface area contributed by atoms with Crippen molar-refractivity contribution in [2.24, 2.45) is 11.8 Å². The van der Waals surface area contributed by atoms with Gasteiger partial charge in [-0.15, -0.1) is 0 Å². The van der Waals surface area contributed by atoms with E-state index in [0.717, 1.165) is 0 Å². The largest absolute Gasteiger partial charge is 0.495 e. The van der Waals surface area contributed by atoms with Crippen molar-refractivity contribution >= 4 is 40.7 Å². The molecule has 6 nitrogen and oxygen atoms in total. The molecule has 1 aliphatic carbocycles. The molecule has 2 aromatic carbocycles. The number of allylic oxidation sites excluding steroid dienone is 2. The average Bonchev–Trinajstić information content (AvgIpc) is 2.99. The standard InChI is InChI=1S/C22H19ClN2O4/c1-29-19-10-9-14(23)12-18(19)24-20(26)13-5-4-6-15(11-13)25-21(27)16-7-2-3-8-17(16)22(25)28/h2-6,9-12,16-17H,7-8H2,1H3,(H,24,26)/t16-,17-/m0/s1. The summed E-state index contributed by atoms with van der Waals surface area (Å²) < 4.78 is 5.25. The maximum Gasteiger partial charge on any atom is 0.255 e. The number of carbonyl (C=O) groups excluding carboxylic acids is 3. The summed E-state index contributed by atoms with van der Waals surface area (Å²) in [6, 6.07) is 11.4. The molecule has 3 amide bonds. The van der Waals surface area contributed by atoms with Crippen LogP contribution in [0.25, 0.3) is 0 Å². The summed E-state index contributed by atoms with van der Waals surface area (Å²) in [5.74, 6) is -0.982. The van der Waals surface area contributed by atoms with Crippen LogP contribution >= 0.6 is 11.6 Å². The normalized spacial score (nSPS) is 20.6. The molecule has 0 spiro atoms. The smallest absolute Gasteiger partial charge is 0.255 e. The van der Waals surface area contributed by atoms with Gasteiger partial charge in [-0.05, 0) is 49.2 Å². The van der Waals surface area contributed by atoms with Crippen molar-refractivity contribution in [2.75, 3.05) is 17.3 Å². The van der Waals surface area contributed by atoms with Crippen LogP contribution in [0, 0.1) is 11.8 Å². The number of rotatable bonds is 4. The molecule has 2 aromatic rings. The second-order valence-electron chi connectivity index (χ2n) is 7.02. The van der Waals surface area contributed by atoms with Crippen molar-refractivity contribution in [3.63, 3.8) is 0 Å².